The highest BCUT2D eigenvalue weighted by atomic mass is 16.4. The number of benzene rings is 2. The highest BCUT2D eigenvalue weighted by molar-refractivity contribution is 6.03. The lowest BCUT2D eigenvalue weighted by molar-refractivity contribution is -0.131. The van der Waals surface area contributed by atoms with Gasteiger partial charge in [0.05, 0.1) is 10.9 Å². The first-order chi connectivity index (χ1) is 14.4. The van der Waals surface area contributed by atoms with Gasteiger partial charge < -0.3 is 10.4 Å². The minimum Gasteiger partial charge on any atom is -0.478 e. The summed E-state index contributed by atoms with van der Waals surface area (Å²) in [7, 11) is 0. The fourth-order valence-corrected chi connectivity index (χ4v) is 3.43. The number of fused-ring (bicyclic) bond motifs is 2. The van der Waals surface area contributed by atoms with E-state index in [4.69, 9.17) is 5.11 Å². The number of carbonyl (C=O) groups is 2. The van der Waals surface area contributed by atoms with Crippen molar-refractivity contribution in [2.45, 2.75) is 19.9 Å². The molecule has 3 aromatic rings. The average molecular weight is 401 g/mol. The Labute approximate surface area is 172 Å². The molecule has 1 aliphatic heterocycles. The molecule has 0 saturated carbocycles. The molecule has 0 aliphatic carbocycles. The topological polar surface area (TPSA) is 101 Å². The number of rotatable bonds is 4. The maximum Gasteiger partial charge on any atom is 0.328 e. The zero-order valence-corrected chi connectivity index (χ0v) is 16.3. The van der Waals surface area contributed by atoms with Crippen LogP contribution in [0, 0.1) is 6.92 Å². The maximum atomic E-state index is 12.9. The van der Waals surface area contributed by atoms with Gasteiger partial charge in [-0.1, -0.05) is 29.8 Å². The van der Waals surface area contributed by atoms with Crippen molar-refractivity contribution in [1.29, 1.82) is 0 Å². The van der Waals surface area contributed by atoms with Gasteiger partial charge in [0.15, 0.2) is 0 Å². The van der Waals surface area contributed by atoms with Crippen molar-refractivity contribution in [2.75, 3.05) is 5.32 Å². The van der Waals surface area contributed by atoms with E-state index in [1.807, 2.05) is 37.3 Å². The first-order valence-corrected chi connectivity index (χ1v) is 9.45. The predicted molar refractivity (Wildman–Crippen MR) is 115 cm³/mol. The summed E-state index contributed by atoms with van der Waals surface area (Å²) < 4.78 is 1.68. The number of hydrogen-bond donors (Lipinski definition) is 2. The van der Waals surface area contributed by atoms with Crippen molar-refractivity contribution in [1.82, 2.24) is 9.55 Å². The number of allylic oxidation sites excluding steroid dienone is 1. The third kappa shape index (κ3) is 3.91. The van der Waals surface area contributed by atoms with Crippen molar-refractivity contribution in [2.24, 2.45) is 0 Å². The van der Waals surface area contributed by atoms with E-state index in [1.54, 1.807) is 22.8 Å². The number of hydrogen-bond acceptors (Lipinski definition) is 4. The van der Waals surface area contributed by atoms with Gasteiger partial charge in [0.25, 0.3) is 5.56 Å². The van der Waals surface area contributed by atoms with Gasteiger partial charge in [0.1, 0.15) is 5.82 Å². The molecule has 1 amide bonds. The van der Waals surface area contributed by atoms with E-state index in [-0.39, 0.29) is 5.56 Å². The Hall–Kier alpha value is -4.00. The zero-order chi connectivity index (χ0) is 21.3. The molecule has 2 N–H and O–H groups in total. The third-order valence-electron chi connectivity index (χ3n) is 4.91. The second-order valence-electron chi connectivity index (χ2n) is 7.12. The van der Waals surface area contributed by atoms with Crippen LogP contribution < -0.4 is 10.9 Å². The van der Waals surface area contributed by atoms with Gasteiger partial charge in [-0.25, -0.2) is 9.78 Å². The second kappa shape index (κ2) is 7.79. The van der Waals surface area contributed by atoms with Crippen molar-refractivity contribution in [3.8, 4) is 0 Å². The molecule has 0 fully saturated rings. The van der Waals surface area contributed by atoms with E-state index < -0.39 is 11.9 Å². The van der Waals surface area contributed by atoms with Crippen LogP contribution in [0.15, 0.2) is 59.4 Å². The number of carboxylic acids is 1. The lowest BCUT2D eigenvalue weighted by Gasteiger charge is -2.08. The molecule has 1 aromatic heterocycles. The van der Waals surface area contributed by atoms with Crippen LogP contribution in [0.1, 0.15) is 23.4 Å². The Morgan fingerprint density at radius 2 is 1.90 bits per heavy atom. The van der Waals surface area contributed by atoms with Crippen LogP contribution >= 0.6 is 0 Å². The van der Waals surface area contributed by atoms with Gasteiger partial charge in [0.2, 0.25) is 5.91 Å². The van der Waals surface area contributed by atoms with Crippen molar-refractivity contribution in [3.05, 3.63) is 81.9 Å². The number of anilines is 1. The highest BCUT2D eigenvalue weighted by Gasteiger charge is 2.21. The number of aliphatic carboxylic acids is 1. The van der Waals surface area contributed by atoms with Crippen LogP contribution in [0.25, 0.3) is 22.6 Å². The monoisotopic (exact) mass is 401 g/mol. The van der Waals surface area contributed by atoms with Crippen LogP contribution in [0.2, 0.25) is 0 Å². The summed E-state index contributed by atoms with van der Waals surface area (Å²) in [4.78, 5) is 40.0. The van der Waals surface area contributed by atoms with E-state index in [2.05, 4.69) is 10.3 Å². The van der Waals surface area contributed by atoms with Crippen LogP contribution in [-0.4, -0.2) is 26.5 Å². The van der Waals surface area contributed by atoms with E-state index in [1.165, 1.54) is 5.56 Å². The van der Waals surface area contributed by atoms with Crippen molar-refractivity contribution < 1.29 is 14.7 Å². The van der Waals surface area contributed by atoms with Gasteiger partial charge >= 0.3 is 5.97 Å². The minimum absolute atomic E-state index is 0.119. The maximum absolute atomic E-state index is 12.9. The normalized spacial score (nSPS) is 14.4. The molecule has 7 heteroatoms. The van der Waals surface area contributed by atoms with Gasteiger partial charge in [-0.2, -0.15) is 0 Å². The molecule has 2 aromatic carbocycles. The minimum atomic E-state index is -1.21. The van der Waals surface area contributed by atoms with E-state index >= 15 is 0 Å². The summed E-state index contributed by atoms with van der Waals surface area (Å²) in [6.07, 6.45) is 4.45. The molecule has 0 spiro atoms. The number of nitrogens with one attached hydrogen (secondary N) is 1. The third-order valence-corrected chi connectivity index (χ3v) is 4.91. The fourth-order valence-electron chi connectivity index (χ4n) is 3.43. The number of carboxylic acid groups (broad SMARTS) is 1. The second-order valence-corrected chi connectivity index (χ2v) is 7.12. The molecule has 7 nitrogen and oxygen atoms in total. The first-order valence-electron chi connectivity index (χ1n) is 9.45. The largest absolute Gasteiger partial charge is 0.478 e. The Morgan fingerprint density at radius 3 is 2.63 bits per heavy atom. The Balaban J connectivity index is 1.71. The van der Waals surface area contributed by atoms with E-state index in [0.717, 1.165) is 29.7 Å². The predicted octanol–water partition coefficient (Wildman–Crippen LogP) is 3.23. The molecule has 0 saturated heterocycles. The fraction of sp³-hybridized carbons (Fsp3) is 0.130. The molecule has 0 atom stereocenters. The number of aryl methyl sites for hydroxylation is 1. The molecule has 4 rings (SSSR count). The number of carbonyl (C=O) groups excluding carboxylic acids is 1. The highest BCUT2D eigenvalue weighted by Crippen LogP contribution is 2.28. The van der Waals surface area contributed by atoms with Crippen LogP contribution in [-0.2, 0) is 16.1 Å². The average Bonchev–Trinajstić information content (AvgIpc) is 3.11. The quantitative estimate of drug-likeness (QED) is 0.654. The molecule has 0 bridgehead atoms. The Morgan fingerprint density at radius 1 is 1.13 bits per heavy atom. The van der Waals surface area contributed by atoms with Crippen molar-refractivity contribution >= 4 is 40.1 Å². The van der Waals surface area contributed by atoms with Crippen molar-refractivity contribution in [3.63, 3.8) is 0 Å². The molecule has 30 heavy (non-hydrogen) atoms. The summed E-state index contributed by atoms with van der Waals surface area (Å²) >= 11 is 0. The van der Waals surface area contributed by atoms with E-state index in [0.29, 0.717) is 29.0 Å². The molecular formula is C23H19N3O4. The van der Waals surface area contributed by atoms with E-state index in [9.17, 15) is 14.4 Å². The lowest BCUT2D eigenvalue weighted by Crippen LogP contribution is -2.21. The molecular weight excluding hydrogens is 382 g/mol. The van der Waals surface area contributed by atoms with Gasteiger partial charge in [-0.05, 0) is 48.8 Å². The molecule has 2 heterocycles. The summed E-state index contributed by atoms with van der Waals surface area (Å²) in [5.41, 5.74) is 3.99. The first kappa shape index (κ1) is 19.3. The van der Waals surface area contributed by atoms with Gasteiger partial charge in [-0.3, -0.25) is 14.2 Å². The summed E-state index contributed by atoms with van der Waals surface area (Å²) in [5, 5.41) is 11.7. The molecule has 0 unspecified atom stereocenters. The number of nitrogens with zero attached hydrogens (tertiary/aromatic N) is 2. The molecule has 1 aliphatic rings. The Bertz CT molecular complexity index is 1280. The van der Waals surface area contributed by atoms with Gasteiger partial charge in [-0.15, -0.1) is 0 Å². The molecule has 150 valence electrons. The zero-order valence-electron chi connectivity index (χ0n) is 16.3. The lowest BCUT2D eigenvalue weighted by atomic mass is 10.1. The van der Waals surface area contributed by atoms with Crippen LogP contribution in [0.5, 0.6) is 0 Å². The summed E-state index contributed by atoms with van der Waals surface area (Å²) in [6.45, 7) is 2.61. The Kier molecular flexibility index (Phi) is 5.02. The van der Waals surface area contributed by atoms with Crippen LogP contribution in [0.3, 0.4) is 0 Å². The van der Waals surface area contributed by atoms with Gasteiger partial charge in [0, 0.05) is 24.4 Å². The number of aromatic nitrogens is 2. The van der Waals surface area contributed by atoms with Crippen LogP contribution in [0.4, 0.5) is 5.69 Å². The standard InChI is InChI=1S/C23H19N3O4/c1-14-2-4-15(5-3-14)12-16-10-11-26-22(16)25-19-13-17(6-7-18(19)23(26)30)24-20(27)8-9-21(28)29/h2-9,12-13H,10-11H2,1H3,(H,24,27)(H,28,29)/b9-8-,16-12?. The summed E-state index contributed by atoms with van der Waals surface area (Å²) in [6, 6.07) is 13.0. The SMILES string of the molecule is Cc1ccc(C=C2CCn3c2nc2cc(NC(=O)/C=C\C(=O)O)ccc2c3=O)cc1. The summed E-state index contributed by atoms with van der Waals surface area (Å²) in [5.74, 6) is -1.15. The smallest absolute Gasteiger partial charge is 0.328 e. The molecule has 0 radical (unpaired) electrons. The number of amides is 1.